The molecule has 4 rings (SSSR count). The molecule has 0 aliphatic rings. The molecule has 5 N–H and O–H groups in total. The van der Waals surface area contributed by atoms with E-state index in [-0.39, 0.29) is 5.56 Å². The minimum atomic E-state index is -0.837. The predicted octanol–water partition coefficient (Wildman–Crippen LogP) is 2.74. The summed E-state index contributed by atoms with van der Waals surface area (Å²) in [6.45, 7) is 0. The van der Waals surface area contributed by atoms with E-state index in [2.05, 4.69) is 10.4 Å². The summed E-state index contributed by atoms with van der Waals surface area (Å²) in [7, 11) is 0. The molecular weight excluding hydrogens is 366 g/mol. The van der Waals surface area contributed by atoms with Gasteiger partial charge in [0.1, 0.15) is 6.04 Å². The maximum absolute atomic E-state index is 12.2. The molecule has 4 aromatic rings. The Bertz CT molecular complexity index is 1190. The number of carbonyl (C=O) groups excluding carboxylic acids is 2. The van der Waals surface area contributed by atoms with E-state index in [1.165, 1.54) is 6.20 Å². The summed E-state index contributed by atoms with van der Waals surface area (Å²) in [5, 5.41) is 7.41. The van der Waals surface area contributed by atoms with Crippen LogP contribution < -0.4 is 16.8 Å². The van der Waals surface area contributed by atoms with Crippen molar-refractivity contribution in [3.63, 3.8) is 0 Å². The Labute approximate surface area is 166 Å². The number of amides is 2. The highest BCUT2D eigenvalue weighted by atomic mass is 16.1. The number of fused-ring (bicyclic) bond motifs is 1. The van der Waals surface area contributed by atoms with Crippen LogP contribution in [0.3, 0.4) is 0 Å². The van der Waals surface area contributed by atoms with E-state index >= 15 is 0 Å². The van der Waals surface area contributed by atoms with Crippen LogP contribution in [-0.2, 0) is 4.79 Å². The fraction of sp³-hybridized carbons (Fsp3) is 0.0455. The van der Waals surface area contributed by atoms with Crippen LogP contribution in [0.15, 0.2) is 79.1 Å². The van der Waals surface area contributed by atoms with Gasteiger partial charge >= 0.3 is 0 Å². The van der Waals surface area contributed by atoms with Crippen molar-refractivity contribution >= 4 is 23.0 Å². The number of rotatable bonds is 6. The lowest BCUT2D eigenvalue weighted by Gasteiger charge is -2.19. The van der Waals surface area contributed by atoms with Gasteiger partial charge in [-0.1, -0.05) is 60.7 Å². The summed E-state index contributed by atoms with van der Waals surface area (Å²) in [5.41, 5.74) is 15.0. The zero-order valence-electron chi connectivity index (χ0n) is 15.4. The second-order valence-electron chi connectivity index (χ2n) is 6.61. The summed E-state index contributed by atoms with van der Waals surface area (Å²) >= 11 is 0. The number of nitrogens with two attached hydrogens (primary N) is 2. The van der Waals surface area contributed by atoms with Crippen molar-refractivity contribution in [1.82, 2.24) is 9.61 Å². The molecule has 0 bridgehead atoms. The molecule has 7 nitrogen and oxygen atoms in total. The number of nitrogens with zero attached hydrogens (tertiary/aromatic N) is 2. The minimum absolute atomic E-state index is 0.178. The molecule has 0 fully saturated rings. The zero-order chi connectivity index (χ0) is 20.4. The summed E-state index contributed by atoms with van der Waals surface area (Å²) in [6, 6.07) is 19.9. The van der Waals surface area contributed by atoms with Gasteiger partial charge in [-0.15, -0.1) is 0 Å². The largest absolute Gasteiger partial charge is 0.368 e. The van der Waals surface area contributed by atoms with Crippen molar-refractivity contribution < 1.29 is 9.59 Å². The Morgan fingerprint density at radius 2 is 1.59 bits per heavy atom. The van der Waals surface area contributed by atoms with E-state index in [1.807, 2.05) is 60.8 Å². The van der Waals surface area contributed by atoms with E-state index in [9.17, 15) is 9.59 Å². The molecule has 2 amide bonds. The molecule has 0 spiro atoms. The fourth-order valence-electron chi connectivity index (χ4n) is 3.29. The maximum atomic E-state index is 12.2. The lowest BCUT2D eigenvalue weighted by Crippen LogP contribution is -2.29. The third kappa shape index (κ3) is 3.53. The molecule has 0 aliphatic carbocycles. The molecular formula is C22H19N5O2. The van der Waals surface area contributed by atoms with Crippen LogP contribution in [0.2, 0.25) is 0 Å². The van der Waals surface area contributed by atoms with Gasteiger partial charge < -0.3 is 16.8 Å². The molecule has 1 atom stereocenters. The molecule has 2 aromatic heterocycles. The van der Waals surface area contributed by atoms with Gasteiger partial charge in [-0.2, -0.15) is 5.10 Å². The summed E-state index contributed by atoms with van der Waals surface area (Å²) in [6.07, 6.45) is 3.23. The van der Waals surface area contributed by atoms with Crippen LogP contribution in [0.5, 0.6) is 0 Å². The lowest BCUT2D eigenvalue weighted by molar-refractivity contribution is -0.118. The third-order valence-corrected chi connectivity index (χ3v) is 4.72. The molecule has 2 aromatic carbocycles. The molecule has 2 heterocycles. The number of hydrogen-bond acceptors (Lipinski definition) is 4. The number of nitrogens with one attached hydrogen (secondary N) is 1. The van der Waals surface area contributed by atoms with Gasteiger partial charge in [0.05, 0.1) is 23.0 Å². The van der Waals surface area contributed by atoms with Crippen molar-refractivity contribution in [3.05, 3.63) is 90.3 Å². The number of benzene rings is 2. The number of hydrogen-bond donors (Lipinski definition) is 3. The van der Waals surface area contributed by atoms with E-state index in [0.717, 1.165) is 11.1 Å². The SMILES string of the molecule is NC(=O)c1cnn2cc(-c3ccccc3)cc2c1N[C@H](C(N)=O)c1ccccc1. The first-order valence-corrected chi connectivity index (χ1v) is 9.02. The van der Waals surface area contributed by atoms with Crippen LogP contribution in [0, 0.1) is 0 Å². The quantitative estimate of drug-likeness (QED) is 0.473. The number of primary amides is 2. The third-order valence-electron chi connectivity index (χ3n) is 4.72. The van der Waals surface area contributed by atoms with Crippen molar-refractivity contribution in [2.45, 2.75) is 6.04 Å². The van der Waals surface area contributed by atoms with E-state index < -0.39 is 17.9 Å². The fourth-order valence-corrected chi connectivity index (χ4v) is 3.29. The topological polar surface area (TPSA) is 116 Å². The van der Waals surface area contributed by atoms with Gasteiger partial charge in [-0.3, -0.25) is 9.59 Å². The highest BCUT2D eigenvalue weighted by Crippen LogP contribution is 2.31. The number of carbonyl (C=O) groups is 2. The zero-order valence-corrected chi connectivity index (χ0v) is 15.4. The van der Waals surface area contributed by atoms with Gasteiger partial charge in [-0.25, -0.2) is 4.52 Å². The molecule has 0 saturated heterocycles. The first-order valence-electron chi connectivity index (χ1n) is 9.02. The monoisotopic (exact) mass is 385 g/mol. The van der Waals surface area contributed by atoms with Crippen LogP contribution in [0.4, 0.5) is 5.69 Å². The standard InChI is InChI=1S/C22H19N5O2/c23-21(28)17-12-25-27-13-16(14-7-3-1-4-8-14)11-18(27)20(17)26-19(22(24)29)15-9-5-2-6-10-15/h1-13,19,26H,(H2,23,28)(H2,24,29)/t19-/m0/s1. The molecule has 29 heavy (non-hydrogen) atoms. The van der Waals surface area contributed by atoms with Crippen molar-refractivity contribution in [2.24, 2.45) is 11.5 Å². The number of aromatic nitrogens is 2. The Hall–Kier alpha value is -4.13. The van der Waals surface area contributed by atoms with Crippen LogP contribution in [-0.4, -0.2) is 21.4 Å². The van der Waals surface area contributed by atoms with Gasteiger partial charge in [0, 0.05) is 11.8 Å². The van der Waals surface area contributed by atoms with Gasteiger partial charge in [0.2, 0.25) is 5.91 Å². The summed E-state index contributed by atoms with van der Waals surface area (Å²) in [5.74, 6) is -1.22. The second kappa shape index (κ2) is 7.47. The Balaban J connectivity index is 1.86. The highest BCUT2D eigenvalue weighted by molar-refractivity contribution is 6.03. The maximum Gasteiger partial charge on any atom is 0.252 e. The molecule has 144 valence electrons. The van der Waals surface area contributed by atoms with Crippen LogP contribution >= 0.6 is 0 Å². The number of anilines is 1. The van der Waals surface area contributed by atoms with Crippen LogP contribution in [0.1, 0.15) is 22.0 Å². The van der Waals surface area contributed by atoms with Gasteiger partial charge in [0.15, 0.2) is 0 Å². The van der Waals surface area contributed by atoms with Crippen LogP contribution in [0.25, 0.3) is 16.6 Å². The van der Waals surface area contributed by atoms with E-state index in [4.69, 9.17) is 11.5 Å². The van der Waals surface area contributed by atoms with Gasteiger partial charge in [-0.05, 0) is 17.2 Å². The molecule has 0 unspecified atom stereocenters. The van der Waals surface area contributed by atoms with Crippen molar-refractivity contribution in [3.8, 4) is 11.1 Å². The second-order valence-corrected chi connectivity index (χ2v) is 6.61. The molecule has 0 saturated carbocycles. The molecule has 0 aliphatic heterocycles. The first kappa shape index (κ1) is 18.2. The van der Waals surface area contributed by atoms with Gasteiger partial charge in [0.25, 0.3) is 5.91 Å². The van der Waals surface area contributed by atoms with E-state index in [1.54, 1.807) is 16.6 Å². The molecule has 0 radical (unpaired) electrons. The minimum Gasteiger partial charge on any atom is -0.368 e. The summed E-state index contributed by atoms with van der Waals surface area (Å²) in [4.78, 5) is 24.2. The average molecular weight is 385 g/mol. The molecule has 7 heteroatoms. The van der Waals surface area contributed by atoms with E-state index in [0.29, 0.717) is 16.8 Å². The Morgan fingerprint density at radius 1 is 0.931 bits per heavy atom. The predicted molar refractivity (Wildman–Crippen MR) is 111 cm³/mol. The van der Waals surface area contributed by atoms with Crippen molar-refractivity contribution in [1.29, 1.82) is 0 Å². The smallest absolute Gasteiger partial charge is 0.252 e. The average Bonchev–Trinajstić information content (AvgIpc) is 3.17. The normalized spacial score (nSPS) is 11.9. The van der Waals surface area contributed by atoms with Crippen molar-refractivity contribution in [2.75, 3.05) is 5.32 Å². The Kier molecular flexibility index (Phi) is 4.70. The highest BCUT2D eigenvalue weighted by Gasteiger charge is 2.23. The Morgan fingerprint density at radius 3 is 2.21 bits per heavy atom. The lowest BCUT2D eigenvalue weighted by atomic mass is 10.0. The summed E-state index contributed by atoms with van der Waals surface area (Å²) < 4.78 is 1.64. The first-order chi connectivity index (χ1) is 14.0.